The maximum Gasteiger partial charge on any atom is 0.224 e. The summed E-state index contributed by atoms with van der Waals surface area (Å²) in [4.78, 5) is 10.2. The molecule has 0 spiro atoms. The van der Waals surface area contributed by atoms with Crippen molar-refractivity contribution in [1.82, 2.24) is 9.97 Å². The summed E-state index contributed by atoms with van der Waals surface area (Å²) < 4.78 is 19.5. The van der Waals surface area contributed by atoms with Crippen molar-refractivity contribution in [2.24, 2.45) is 0 Å². The lowest BCUT2D eigenvalue weighted by Crippen LogP contribution is -2.46. The molecule has 0 saturated carbocycles. The lowest BCUT2D eigenvalue weighted by atomic mass is 10.2. The second kappa shape index (κ2) is 6.14. The first-order chi connectivity index (χ1) is 9.10. The summed E-state index contributed by atoms with van der Waals surface area (Å²) in [7, 11) is 0. The van der Waals surface area contributed by atoms with Gasteiger partial charge in [-0.3, -0.25) is 0 Å². The molecule has 19 heavy (non-hydrogen) atoms. The molecule has 1 saturated heterocycles. The molecule has 0 aromatic carbocycles. The van der Waals surface area contributed by atoms with Crippen LogP contribution in [0.15, 0.2) is 6.20 Å². The molecule has 1 N–H and O–H groups in total. The summed E-state index contributed by atoms with van der Waals surface area (Å²) in [5.41, 5.74) is 0. The maximum absolute atomic E-state index is 13.9. The van der Waals surface area contributed by atoms with E-state index in [1.54, 1.807) is 0 Å². The van der Waals surface area contributed by atoms with E-state index < -0.39 is 0 Å². The standard InChI is InChI=1S/C13H21FN4O/c1-4-5-15-13-16-6-11(14)12(17-13)18-7-9(2)19-10(3)8-18/h6,9-10H,4-5,7-8H2,1-3H3,(H,15,16,17). The number of halogens is 1. The van der Waals surface area contributed by atoms with Crippen LogP contribution in [-0.4, -0.2) is 41.8 Å². The molecule has 0 radical (unpaired) electrons. The molecule has 6 heteroatoms. The molecule has 1 aliphatic rings. The third-order valence-electron chi connectivity index (χ3n) is 2.98. The summed E-state index contributed by atoms with van der Waals surface area (Å²) in [5.74, 6) is 0.448. The quantitative estimate of drug-likeness (QED) is 0.905. The van der Waals surface area contributed by atoms with Crippen LogP contribution in [0.5, 0.6) is 0 Å². The van der Waals surface area contributed by atoms with Crippen molar-refractivity contribution in [2.45, 2.75) is 39.4 Å². The fourth-order valence-corrected chi connectivity index (χ4v) is 2.25. The van der Waals surface area contributed by atoms with Crippen LogP contribution in [0.3, 0.4) is 0 Å². The van der Waals surface area contributed by atoms with Crippen LogP contribution < -0.4 is 10.2 Å². The molecule has 2 atom stereocenters. The molecule has 0 aliphatic carbocycles. The fraction of sp³-hybridized carbons (Fsp3) is 0.692. The Morgan fingerprint density at radius 1 is 1.42 bits per heavy atom. The zero-order chi connectivity index (χ0) is 13.8. The molecule has 1 aromatic heterocycles. The molecule has 1 fully saturated rings. The van der Waals surface area contributed by atoms with Gasteiger partial charge < -0.3 is 15.0 Å². The number of nitrogens with one attached hydrogen (secondary N) is 1. The van der Waals surface area contributed by atoms with Crippen molar-refractivity contribution < 1.29 is 9.13 Å². The molecular formula is C13H21FN4O. The van der Waals surface area contributed by atoms with Gasteiger partial charge in [0.05, 0.1) is 18.4 Å². The van der Waals surface area contributed by atoms with E-state index in [4.69, 9.17) is 4.74 Å². The van der Waals surface area contributed by atoms with Crippen LogP contribution in [0.4, 0.5) is 16.2 Å². The molecular weight excluding hydrogens is 247 g/mol. The van der Waals surface area contributed by atoms with Crippen molar-refractivity contribution in [3.05, 3.63) is 12.0 Å². The van der Waals surface area contributed by atoms with E-state index in [1.165, 1.54) is 6.20 Å². The first kappa shape index (κ1) is 14.0. The van der Waals surface area contributed by atoms with Gasteiger partial charge in [-0.1, -0.05) is 6.92 Å². The average molecular weight is 268 g/mol. The van der Waals surface area contributed by atoms with E-state index in [0.29, 0.717) is 24.9 Å². The number of rotatable bonds is 4. The predicted octanol–water partition coefficient (Wildman–Crippen LogP) is 2.05. The number of morpholine rings is 1. The second-order valence-electron chi connectivity index (χ2n) is 4.95. The van der Waals surface area contributed by atoms with Gasteiger partial charge in [-0.25, -0.2) is 9.37 Å². The lowest BCUT2D eigenvalue weighted by molar-refractivity contribution is -0.00565. The summed E-state index contributed by atoms with van der Waals surface area (Å²) in [6.07, 6.45) is 2.35. The number of hydrogen-bond donors (Lipinski definition) is 1. The number of ether oxygens (including phenoxy) is 1. The molecule has 106 valence electrons. The van der Waals surface area contributed by atoms with Gasteiger partial charge in [0.1, 0.15) is 0 Å². The summed E-state index contributed by atoms with van der Waals surface area (Å²) in [6.45, 7) is 8.09. The Labute approximate surface area is 113 Å². The van der Waals surface area contributed by atoms with Crippen molar-refractivity contribution in [3.8, 4) is 0 Å². The highest BCUT2D eigenvalue weighted by atomic mass is 19.1. The van der Waals surface area contributed by atoms with E-state index in [0.717, 1.165) is 13.0 Å². The minimum Gasteiger partial charge on any atom is -0.372 e. The van der Waals surface area contributed by atoms with Gasteiger partial charge in [-0.2, -0.15) is 4.98 Å². The SMILES string of the molecule is CCCNc1ncc(F)c(N2CC(C)OC(C)C2)n1. The Morgan fingerprint density at radius 2 is 2.11 bits per heavy atom. The third-order valence-corrected chi connectivity index (χ3v) is 2.98. The van der Waals surface area contributed by atoms with E-state index in [2.05, 4.69) is 22.2 Å². The first-order valence-corrected chi connectivity index (χ1v) is 6.77. The molecule has 1 aliphatic heterocycles. The molecule has 2 unspecified atom stereocenters. The van der Waals surface area contributed by atoms with Gasteiger partial charge in [0, 0.05) is 19.6 Å². The minimum absolute atomic E-state index is 0.0742. The Kier molecular flexibility index (Phi) is 4.52. The molecule has 0 amide bonds. The monoisotopic (exact) mass is 268 g/mol. The number of hydrogen-bond acceptors (Lipinski definition) is 5. The van der Waals surface area contributed by atoms with Crippen molar-refractivity contribution in [3.63, 3.8) is 0 Å². The van der Waals surface area contributed by atoms with E-state index in [-0.39, 0.29) is 18.0 Å². The van der Waals surface area contributed by atoms with Gasteiger partial charge in [-0.15, -0.1) is 0 Å². The van der Waals surface area contributed by atoms with Gasteiger partial charge in [0.15, 0.2) is 11.6 Å². The largest absolute Gasteiger partial charge is 0.372 e. The summed E-state index contributed by atoms with van der Waals surface area (Å²) in [6, 6.07) is 0. The van der Waals surface area contributed by atoms with Gasteiger partial charge >= 0.3 is 0 Å². The minimum atomic E-state index is -0.386. The van der Waals surface area contributed by atoms with Crippen molar-refractivity contribution in [2.75, 3.05) is 29.9 Å². The van der Waals surface area contributed by atoms with Crippen LogP contribution in [0, 0.1) is 5.82 Å². The smallest absolute Gasteiger partial charge is 0.224 e. The molecule has 2 rings (SSSR count). The maximum atomic E-state index is 13.9. The molecule has 2 heterocycles. The molecule has 1 aromatic rings. The lowest BCUT2D eigenvalue weighted by Gasteiger charge is -2.36. The van der Waals surface area contributed by atoms with Gasteiger partial charge in [-0.05, 0) is 20.3 Å². The Morgan fingerprint density at radius 3 is 2.74 bits per heavy atom. The third kappa shape index (κ3) is 3.53. The summed E-state index contributed by atoms with van der Waals surface area (Å²) in [5, 5.41) is 3.08. The van der Waals surface area contributed by atoms with Crippen LogP contribution in [0.2, 0.25) is 0 Å². The van der Waals surface area contributed by atoms with Crippen molar-refractivity contribution >= 4 is 11.8 Å². The van der Waals surface area contributed by atoms with Crippen LogP contribution in [0.25, 0.3) is 0 Å². The predicted molar refractivity (Wildman–Crippen MR) is 73.0 cm³/mol. The van der Waals surface area contributed by atoms with Gasteiger partial charge in [0.25, 0.3) is 0 Å². The van der Waals surface area contributed by atoms with Gasteiger partial charge in [0.2, 0.25) is 5.95 Å². The highest BCUT2D eigenvalue weighted by Gasteiger charge is 2.25. The van der Waals surface area contributed by atoms with E-state index in [1.807, 2.05) is 18.7 Å². The normalized spacial score (nSPS) is 23.5. The first-order valence-electron chi connectivity index (χ1n) is 6.77. The highest BCUT2D eigenvalue weighted by molar-refractivity contribution is 5.44. The van der Waals surface area contributed by atoms with Crippen LogP contribution in [0.1, 0.15) is 27.2 Å². The number of anilines is 2. The zero-order valence-electron chi connectivity index (χ0n) is 11.7. The van der Waals surface area contributed by atoms with E-state index in [9.17, 15) is 4.39 Å². The fourth-order valence-electron chi connectivity index (χ4n) is 2.25. The average Bonchev–Trinajstić information content (AvgIpc) is 2.36. The highest BCUT2D eigenvalue weighted by Crippen LogP contribution is 2.22. The van der Waals surface area contributed by atoms with E-state index >= 15 is 0 Å². The Balaban J connectivity index is 2.17. The molecule has 5 nitrogen and oxygen atoms in total. The van der Waals surface area contributed by atoms with Crippen LogP contribution >= 0.6 is 0 Å². The number of nitrogens with zero attached hydrogens (tertiary/aromatic N) is 3. The topological polar surface area (TPSA) is 50.3 Å². The molecule has 0 bridgehead atoms. The van der Waals surface area contributed by atoms with Crippen LogP contribution in [-0.2, 0) is 4.74 Å². The Bertz CT molecular complexity index is 419. The summed E-state index contributed by atoms with van der Waals surface area (Å²) >= 11 is 0. The van der Waals surface area contributed by atoms with Crippen molar-refractivity contribution in [1.29, 1.82) is 0 Å². The number of aromatic nitrogens is 2. The zero-order valence-corrected chi connectivity index (χ0v) is 11.7. The second-order valence-corrected chi connectivity index (χ2v) is 4.95. The Hall–Kier alpha value is -1.43.